The summed E-state index contributed by atoms with van der Waals surface area (Å²) in [5.41, 5.74) is 11.9. The van der Waals surface area contributed by atoms with Crippen LogP contribution < -0.4 is 0 Å². The number of thiophene rings is 1. The maximum absolute atomic E-state index is 6.42. The van der Waals surface area contributed by atoms with Crippen LogP contribution in [0.15, 0.2) is 211 Å². The van der Waals surface area contributed by atoms with Gasteiger partial charge >= 0.3 is 0 Å². The minimum absolute atomic E-state index is 0.910. The topological polar surface area (TPSA) is 13.1 Å². The fourth-order valence-electron chi connectivity index (χ4n) is 10.2. The van der Waals surface area contributed by atoms with Gasteiger partial charge in [0.05, 0.1) is 0 Å². The first-order valence-corrected chi connectivity index (χ1v) is 21.4. The Hall–Kier alpha value is -7.52. The summed E-state index contributed by atoms with van der Waals surface area (Å²) in [5.74, 6) is 0. The molecule has 13 aromatic rings. The quantitative estimate of drug-likeness (QED) is 0.162. The van der Waals surface area contributed by atoms with E-state index < -0.39 is 0 Å². The van der Waals surface area contributed by atoms with Crippen molar-refractivity contribution in [3.63, 3.8) is 0 Å². The minimum Gasteiger partial charge on any atom is -0.456 e. The zero-order valence-corrected chi connectivity index (χ0v) is 33.3. The van der Waals surface area contributed by atoms with Gasteiger partial charge in [-0.2, -0.15) is 0 Å². The molecule has 0 saturated carbocycles. The van der Waals surface area contributed by atoms with Gasteiger partial charge in [-0.3, -0.25) is 0 Å². The lowest BCUT2D eigenvalue weighted by atomic mass is 9.84. The van der Waals surface area contributed by atoms with Crippen molar-refractivity contribution in [2.75, 3.05) is 0 Å². The largest absolute Gasteiger partial charge is 0.456 e. The van der Waals surface area contributed by atoms with Gasteiger partial charge in [-0.15, -0.1) is 11.3 Å². The zero-order chi connectivity index (χ0) is 39.3. The van der Waals surface area contributed by atoms with Gasteiger partial charge in [0.25, 0.3) is 0 Å². The number of hydrogen-bond donors (Lipinski definition) is 0. The van der Waals surface area contributed by atoms with E-state index in [0.29, 0.717) is 0 Å². The summed E-state index contributed by atoms with van der Waals surface area (Å²) in [4.78, 5) is 0. The second-order valence-corrected chi connectivity index (χ2v) is 16.9. The molecule has 0 aliphatic heterocycles. The zero-order valence-electron chi connectivity index (χ0n) is 32.4. The van der Waals surface area contributed by atoms with Crippen molar-refractivity contribution < 1.29 is 4.42 Å². The molecule has 2 aromatic heterocycles. The highest BCUT2D eigenvalue weighted by Crippen LogP contribution is 2.51. The molecular formula is C58H34OS. The number of benzene rings is 11. The van der Waals surface area contributed by atoms with E-state index in [2.05, 4.69) is 200 Å². The first-order chi connectivity index (χ1) is 29.8. The molecule has 1 nitrogen and oxygen atoms in total. The Bertz CT molecular complexity index is 3770. The van der Waals surface area contributed by atoms with Crippen LogP contribution in [0.3, 0.4) is 0 Å². The van der Waals surface area contributed by atoms with Gasteiger partial charge in [-0.1, -0.05) is 182 Å². The number of furan rings is 1. The molecule has 0 atom stereocenters. The van der Waals surface area contributed by atoms with Crippen LogP contribution >= 0.6 is 11.3 Å². The van der Waals surface area contributed by atoms with Gasteiger partial charge < -0.3 is 4.42 Å². The van der Waals surface area contributed by atoms with Crippen molar-refractivity contribution in [1.82, 2.24) is 0 Å². The molecule has 0 unspecified atom stereocenters. The highest BCUT2D eigenvalue weighted by molar-refractivity contribution is 7.26. The van der Waals surface area contributed by atoms with Gasteiger partial charge in [0.2, 0.25) is 0 Å². The molecule has 0 saturated heterocycles. The molecule has 0 bridgehead atoms. The summed E-state index contributed by atoms with van der Waals surface area (Å²) in [6, 6.07) is 75.6. The van der Waals surface area contributed by atoms with Gasteiger partial charge in [0.1, 0.15) is 11.2 Å². The molecule has 11 aromatic carbocycles. The first kappa shape index (κ1) is 33.5. The Kier molecular flexibility index (Phi) is 7.24. The number of para-hydroxylation sites is 1. The normalized spacial score (nSPS) is 12.0. The van der Waals surface area contributed by atoms with Crippen molar-refractivity contribution in [3.8, 4) is 44.5 Å². The van der Waals surface area contributed by atoms with Crippen molar-refractivity contribution in [2.45, 2.75) is 0 Å². The van der Waals surface area contributed by atoms with E-state index in [1.165, 1.54) is 108 Å². The van der Waals surface area contributed by atoms with Crippen LogP contribution in [0.2, 0.25) is 0 Å². The van der Waals surface area contributed by atoms with Gasteiger partial charge in [0, 0.05) is 30.9 Å². The SMILES string of the molecule is c1ccc(-c2c3ccccc3c(-c3ccc4c(c3)sc3cccc(-c5c6ccccc6c(-c6cccc7oc8ccccc8c67)c6ccccc56)c34)c3ccccc23)cc1. The van der Waals surface area contributed by atoms with Crippen LogP contribution in [-0.2, 0) is 0 Å². The summed E-state index contributed by atoms with van der Waals surface area (Å²) in [6.07, 6.45) is 0. The minimum atomic E-state index is 0.910. The van der Waals surface area contributed by atoms with Crippen molar-refractivity contribution >= 4 is 96.5 Å². The molecular weight excluding hydrogens is 745 g/mol. The molecule has 0 amide bonds. The molecule has 278 valence electrons. The summed E-state index contributed by atoms with van der Waals surface area (Å²) in [5, 5.41) is 15.0. The highest BCUT2D eigenvalue weighted by Gasteiger charge is 2.23. The van der Waals surface area contributed by atoms with E-state index in [9.17, 15) is 0 Å². The second kappa shape index (κ2) is 13.0. The molecule has 13 rings (SSSR count). The molecule has 0 spiro atoms. The summed E-state index contributed by atoms with van der Waals surface area (Å²) in [6.45, 7) is 0. The van der Waals surface area contributed by atoms with Gasteiger partial charge in [0.15, 0.2) is 0 Å². The fourth-order valence-corrected chi connectivity index (χ4v) is 11.4. The summed E-state index contributed by atoms with van der Waals surface area (Å²) < 4.78 is 9.00. The average molecular weight is 779 g/mol. The van der Waals surface area contributed by atoms with E-state index in [0.717, 1.165) is 21.9 Å². The van der Waals surface area contributed by atoms with Crippen LogP contribution in [0, 0.1) is 0 Å². The van der Waals surface area contributed by atoms with E-state index in [1.54, 1.807) is 0 Å². The molecule has 0 radical (unpaired) electrons. The lowest BCUT2D eigenvalue weighted by Gasteiger charge is -2.19. The Balaban J connectivity index is 1.07. The maximum Gasteiger partial charge on any atom is 0.136 e. The van der Waals surface area contributed by atoms with Crippen LogP contribution in [0.25, 0.3) is 130 Å². The molecule has 0 fully saturated rings. The van der Waals surface area contributed by atoms with Crippen LogP contribution in [0.4, 0.5) is 0 Å². The third-order valence-corrected chi connectivity index (χ3v) is 13.8. The first-order valence-electron chi connectivity index (χ1n) is 20.6. The smallest absolute Gasteiger partial charge is 0.136 e. The molecule has 2 heteroatoms. The van der Waals surface area contributed by atoms with Crippen LogP contribution in [0.5, 0.6) is 0 Å². The van der Waals surface area contributed by atoms with Gasteiger partial charge in [-0.05, 0) is 112 Å². The molecule has 0 aliphatic carbocycles. The fraction of sp³-hybridized carbons (Fsp3) is 0. The maximum atomic E-state index is 6.42. The lowest BCUT2D eigenvalue weighted by molar-refractivity contribution is 0.669. The highest BCUT2D eigenvalue weighted by atomic mass is 32.1. The van der Waals surface area contributed by atoms with E-state index in [4.69, 9.17) is 4.42 Å². The summed E-state index contributed by atoms with van der Waals surface area (Å²) in [7, 11) is 0. The Morgan fingerprint density at radius 2 is 0.717 bits per heavy atom. The number of fused-ring (bicyclic) bond motifs is 10. The third-order valence-electron chi connectivity index (χ3n) is 12.7. The standard InChI is InChI=1S/C58H34OS/c1-2-16-35(17-3-1)53-37-18-4-6-20-39(37)54(40-21-7-5-19-38(40)53)36-32-33-46-52(34-36)60-51-31-15-28-48(58(46)51)56-43-24-10-8-22-41(43)55(42-23-9-11-25-44(42)56)47-27-14-30-50-57(47)45-26-12-13-29-49(45)59-50/h1-34H. The van der Waals surface area contributed by atoms with Crippen molar-refractivity contribution in [3.05, 3.63) is 206 Å². The van der Waals surface area contributed by atoms with Crippen molar-refractivity contribution in [2.24, 2.45) is 0 Å². The van der Waals surface area contributed by atoms with Crippen molar-refractivity contribution in [1.29, 1.82) is 0 Å². The third kappa shape index (κ3) is 4.80. The Morgan fingerprint density at radius 1 is 0.267 bits per heavy atom. The van der Waals surface area contributed by atoms with E-state index >= 15 is 0 Å². The predicted octanol–water partition coefficient (Wildman–Crippen LogP) is 17.2. The molecule has 2 heterocycles. The molecule has 60 heavy (non-hydrogen) atoms. The molecule has 0 N–H and O–H groups in total. The Morgan fingerprint density at radius 3 is 1.30 bits per heavy atom. The molecule has 0 aliphatic rings. The van der Waals surface area contributed by atoms with Crippen LogP contribution in [-0.4, -0.2) is 0 Å². The number of hydrogen-bond acceptors (Lipinski definition) is 2. The predicted molar refractivity (Wildman–Crippen MR) is 258 cm³/mol. The monoisotopic (exact) mass is 778 g/mol. The number of rotatable bonds is 4. The van der Waals surface area contributed by atoms with E-state index in [-0.39, 0.29) is 0 Å². The average Bonchev–Trinajstić information content (AvgIpc) is 3.89. The summed E-state index contributed by atoms with van der Waals surface area (Å²) >= 11 is 1.89. The van der Waals surface area contributed by atoms with Gasteiger partial charge in [-0.25, -0.2) is 0 Å². The Labute approximate surface area is 350 Å². The second-order valence-electron chi connectivity index (χ2n) is 15.8. The lowest BCUT2D eigenvalue weighted by Crippen LogP contribution is -1.92. The van der Waals surface area contributed by atoms with Crippen LogP contribution in [0.1, 0.15) is 0 Å². The van der Waals surface area contributed by atoms with E-state index in [1.807, 2.05) is 17.4 Å².